The number of nitrogen functional groups attached to an aromatic ring is 1. The van der Waals surface area contributed by atoms with E-state index < -0.39 is 0 Å². The Morgan fingerprint density at radius 2 is 1.58 bits per heavy atom. The van der Waals surface area contributed by atoms with E-state index in [2.05, 4.69) is 26.7 Å². The van der Waals surface area contributed by atoms with E-state index in [0.29, 0.717) is 23.0 Å². The summed E-state index contributed by atoms with van der Waals surface area (Å²) in [6, 6.07) is 12.1. The Bertz CT molecular complexity index is 862. The van der Waals surface area contributed by atoms with Gasteiger partial charge in [0.15, 0.2) is 11.6 Å². The summed E-state index contributed by atoms with van der Waals surface area (Å²) < 4.78 is 13.0. The average Bonchev–Trinajstić information content (AvgIpc) is 2.55. The molecule has 1 aromatic heterocycles. The molecule has 0 aliphatic carbocycles. The van der Waals surface area contributed by atoms with Gasteiger partial charge in [-0.1, -0.05) is 17.7 Å². The van der Waals surface area contributed by atoms with Crippen LogP contribution in [-0.4, -0.2) is 9.97 Å². The first-order valence-electron chi connectivity index (χ1n) is 7.50. The Morgan fingerprint density at radius 1 is 0.917 bits per heavy atom. The molecular formula is C18H18FN5. The first-order valence-corrected chi connectivity index (χ1v) is 7.50. The first-order chi connectivity index (χ1) is 11.5. The number of halogens is 1. The highest BCUT2D eigenvalue weighted by Gasteiger charge is 2.10. The maximum atomic E-state index is 13.0. The highest BCUT2D eigenvalue weighted by atomic mass is 19.1. The van der Waals surface area contributed by atoms with Crippen molar-refractivity contribution in [1.82, 2.24) is 9.97 Å². The summed E-state index contributed by atoms with van der Waals surface area (Å²) in [6.45, 7) is 4.06. The molecule has 0 atom stereocenters. The second-order valence-corrected chi connectivity index (χ2v) is 5.56. The summed E-state index contributed by atoms with van der Waals surface area (Å²) in [5.74, 6) is 0.679. The zero-order valence-corrected chi connectivity index (χ0v) is 13.5. The predicted molar refractivity (Wildman–Crippen MR) is 95.3 cm³/mol. The molecule has 0 aliphatic heterocycles. The van der Waals surface area contributed by atoms with Crippen molar-refractivity contribution >= 4 is 28.7 Å². The zero-order valence-electron chi connectivity index (χ0n) is 13.5. The summed E-state index contributed by atoms with van der Waals surface area (Å²) in [5, 5.41) is 6.29. The van der Waals surface area contributed by atoms with Crippen molar-refractivity contribution in [3.8, 4) is 0 Å². The number of aryl methyl sites for hydroxylation is 2. The van der Waals surface area contributed by atoms with Crippen molar-refractivity contribution in [3.63, 3.8) is 0 Å². The molecule has 0 fully saturated rings. The van der Waals surface area contributed by atoms with E-state index >= 15 is 0 Å². The van der Waals surface area contributed by atoms with Crippen molar-refractivity contribution in [2.45, 2.75) is 13.8 Å². The second-order valence-electron chi connectivity index (χ2n) is 5.56. The summed E-state index contributed by atoms with van der Waals surface area (Å²) >= 11 is 0. The maximum Gasteiger partial charge on any atom is 0.159 e. The third-order valence-corrected chi connectivity index (χ3v) is 3.63. The van der Waals surface area contributed by atoms with Crippen LogP contribution in [0.2, 0.25) is 0 Å². The number of hydrogen-bond donors (Lipinski definition) is 3. The number of rotatable bonds is 4. The van der Waals surface area contributed by atoms with Crippen LogP contribution in [0.25, 0.3) is 0 Å². The minimum atomic E-state index is -0.298. The van der Waals surface area contributed by atoms with Gasteiger partial charge in [-0.25, -0.2) is 14.4 Å². The van der Waals surface area contributed by atoms with E-state index in [-0.39, 0.29) is 5.82 Å². The van der Waals surface area contributed by atoms with Gasteiger partial charge in [0.25, 0.3) is 0 Å². The molecule has 0 saturated carbocycles. The van der Waals surface area contributed by atoms with E-state index in [4.69, 9.17) is 5.73 Å². The Morgan fingerprint density at radius 3 is 2.25 bits per heavy atom. The van der Waals surface area contributed by atoms with Crippen LogP contribution in [-0.2, 0) is 0 Å². The van der Waals surface area contributed by atoms with Gasteiger partial charge in [0, 0.05) is 11.4 Å². The summed E-state index contributed by atoms with van der Waals surface area (Å²) in [4.78, 5) is 8.36. The van der Waals surface area contributed by atoms with Gasteiger partial charge in [0.05, 0.1) is 0 Å². The van der Waals surface area contributed by atoms with Gasteiger partial charge >= 0.3 is 0 Å². The Balaban J connectivity index is 1.86. The summed E-state index contributed by atoms with van der Waals surface area (Å²) in [7, 11) is 0. The molecule has 2 aromatic carbocycles. The third-order valence-electron chi connectivity index (χ3n) is 3.63. The lowest BCUT2D eigenvalue weighted by atomic mass is 10.1. The number of anilines is 5. The molecule has 4 N–H and O–H groups in total. The average molecular weight is 323 g/mol. The van der Waals surface area contributed by atoms with Crippen LogP contribution < -0.4 is 16.4 Å². The first kappa shape index (κ1) is 15.7. The lowest BCUT2D eigenvalue weighted by Gasteiger charge is -2.14. The van der Waals surface area contributed by atoms with Gasteiger partial charge in [0.1, 0.15) is 17.8 Å². The Kier molecular flexibility index (Phi) is 4.29. The van der Waals surface area contributed by atoms with Gasteiger partial charge in [-0.15, -0.1) is 0 Å². The Hall–Kier alpha value is -3.15. The molecule has 6 heteroatoms. The van der Waals surface area contributed by atoms with Crippen LogP contribution in [0.3, 0.4) is 0 Å². The summed E-state index contributed by atoms with van der Waals surface area (Å²) in [6.07, 6.45) is 1.42. The van der Waals surface area contributed by atoms with E-state index in [1.54, 1.807) is 12.1 Å². The monoisotopic (exact) mass is 323 g/mol. The van der Waals surface area contributed by atoms with E-state index in [1.165, 1.54) is 24.0 Å². The van der Waals surface area contributed by atoms with Crippen LogP contribution >= 0.6 is 0 Å². The lowest BCUT2D eigenvalue weighted by Crippen LogP contribution is -2.05. The van der Waals surface area contributed by atoms with Gasteiger partial charge in [-0.05, 0) is 49.7 Å². The number of benzene rings is 2. The number of nitrogens with zero attached hydrogens (tertiary/aromatic N) is 2. The van der Waals surface area contributed by atoms with E-state index in [0.717, 1.165) is 11.3 Å². The SMILES string of the molecule is Cc1ccc(Nc2ncnc(Nc3ccc(F)cc3)c2N)c(C)c1. The minimum Gasteiger partial charge on any atom is -0.393 e. The van der Waals surface area contributed by atoms with Crippen molar-refractivity contribution in [1.29, 1.82) is 0 Å². The minimum absolute atomic E-state index is 0.298. The van der Waals surface area contributed by atoms with Crippen LogP contribution in [0.5, 0.6) is 0 Å². The largest absolute Gasteiger partial charge is 0.393 e. The quantitative estimate of drug-likeness (QED) is 0.667. The smallest absolute Gasteiger partial charge is 0.159 e. The van der Waals surface area contributed by atoms with Crippen LogP contribution in [0.4, 0.5) is 33.1 Å². The second kappa shape index (κ2) is 6.54. The van der Waals surface area contributed by atoms with Gasteiger partial charge in [0.2, 0.25) is 0 Å². The fourth-order valence-corrected chi connectivity index (χ4v) is 2.35. The van der Waals surface area contributed by atoms with Gasteiger partial charge in [-0.3, -0.25) is 0 Å². The van der Waals surface area contributed by atoms with Crippen molar-refractivity contribution in [2.24, 2.45) is 0 Å². The fourth-order valence-electron chi connectivity index (χ4n) is 2.35. The third kappa shape index (κ3) is 3.43. The number of nitrogens with one attached hydrogen (secondary N) is 2. The zero-order chi connectivity index (χ0) is 17.1. The highest BCUT2D eigenvalue weighted by molar-refractivity contribution is 5.80. The summed E-state index contributed by atoms with van der Waals surface area (Å²) in [5.41, 5.74) is 10.5. The maximum absolute atomic E-state index is 13.0. The number of nitrogens with two attached hydrogens (primary N) is 1. The normalized spacial score (nSPS) is 10.5. The molecule has 3 aromatic rings. The molecule has 0 unspecified atom stereocenters. The molecule has 0 saturated heterocycles. The molecule has 0 amide bonds. The predicted octanol–water partition coefficient (Wildman–Crippen LogP) is 4.30. The molecule has 122 valence electrons. The number of hydrogen-bond acceptors (Lipinski definition) is 5. The topological polar surface area (TPSA) is 75.9 Å². The van der Waals surface area contributed by atoms with Crippen molar-refractivity contribution in [3.05, 3.63) is 65.7 Å². The molecule has 0 bridgehead atoms. The molecule has 3 rings (SSSR count). The van der Waals surface area contributed by atoms with Crippen molar-refractivity contribution in [2.75, 3.05) is 16.4 Å². The number of aromatic nitrogens is 2. The van der Waals surface area contributed by atoms with Crippen molar-refractivity contribution < 1.29 is 4.39 Å². The van der Waals surface area contributed by atoms with E-state index in [9.17, 15) is 4.39 Å². The molecule has 0 spiro atoms. The van der Waals surface area contributed by atoms with E-state index in [1.807, 2.05) is 26.0 Å². The molecule has 24 heavy (non-hydrogen) atoms. The van der Waals surface area contributed by atoms with Gasteiger partial charge < -0.3 is 16.4 Å². The van der Waals surface area contributed by atoms with Crippen LogP contribution in [0.1, 0.15) is 11.1 Å². The van der Waals surface area contributed by atoms with Gasteiger partial charge in [-0.2, -0.15) is 0 Å². The molecule has 1 heterocycles. The highest BCUT2D eigenvalue weighted by Crippen LogP contribution is 2.29. The lowest BCUT2D eigenvalue weighted by molar-refractivity contribution is 0.628. The molecule has 0 aliphatic rings. The standard InChI is InChI=1S/C18H18FN5/c1-11-3-8-15(12(2)9-11)24-18-16(20)17(21-10-22-18)23-14-6-4-13(19)5-7-14/h3-10H,20H2,1-2H3,(H2,21,22,23,24). The Labute approximate surface area is 139 Å². The van der Waals surface area contributed by atoms with Crippen LogP contribution in [0, 0.1) is 19.7 Å². The van der Waals surface area contributed by atoms with Crippen LogP contribution in [0.15, 0.2) is 48.8 Å². The molecular weight excluding hydrogens is 305 g/mol. The molecule has 5 nitrogen and oxygen atoms in total. The fraction of sp³-hybridized carbons (Fsp3) is 0.111. The molecule has 0 radical (unpaired) electrons.